The first-order valence-electron chi connectivity index (χ1n) is 8.63. The molecular formula is C20H25NO3S. The molecule has 0 saturated carbocycles. The van der Waals surface area contributed by atoms with Crippen LogP contribution in [0.4, 0.5) is 0 Å². The van der Waals surface area contributed by atoms with Gasteiger partial charge in [0.2, 0.25) is 17.3 Å². The summed E-state index contributed by atoms with van der Waals surface area (Å²) in [5.41, 5.74) is 2.80. The molecule has 1 atom stereocenters. The van der Waals surface area contributed by atoms with Crippen LogP contribution in [0.15, 0.2) is 6.07 Å². The van der Waals surface area contributed by atoms with Crippen molar-refractivity contribution in [1.29, 1.82) is 0 Å². The van der Waals surface area contributed by atoms with Crippen LogP contribution < -0.4 is 14.4 Å². The second kappa shape index (κ2) is 6.13. The van der Waals surface area contributed by atoms with E-state index in [1.807, 2.05) is 27.7 Å². The van der Waals surface area contributed by atoms with Crippen molar-refractivity contribution in [2.45, 2.75) is 66.5 Å². The number of Topliss-reactive ketones (excluding diaryl/α,β-unsaturated/α-hetero) is 1. The second-order valence-corrected chi connectivity index (χ2v) is 8.64. The fourth-order valence-electron chi connectivity index (χ4n) is 3.52. The highest BCUT2D eigenvalue weighted by Crippen LogP contribution is 2.40. The van der Waals surface area contributed by atoms with Gasteiger partial charge in [-0.15, -0.1) is 5.75 Å². The lowest BCUT2D eigenvalue weighted by molar-refractivity contribution is -0.691. The highest BCUT2D eigenvalue weighted by molar-refractivity contribution is 7.11. The Balaban J connectivity index is 1.91. The highest BCUT2D eigenvalue weighted by atomic mass is 32.1. The first kappa shape index (κ1) is 17.9. The van der Waals surface area contributed by atoms with Gasteiger partial charge in [0.15, 0.2) is 11.3 Å². The molecule has 5 heteroatoms. The van der Waals surface area contributed by atoms with Crippen molar-refractivity contribution in [2.75, 3.05) is 0 Å². The van der Waals surface area contributed by atoms with Crippen molar-refractivity contribution in [3.63, 3.8) is 0 Å². The van der Waals surface area contributed by atoms with Crippen LogP contribution in [0, 0.1) is 34.6 Å². The zero-order valence-corrected chi connectivity index (χ0v) is 16.6. The number of hydrogen-bond donors (Lipinski definition) is 0. The van der Waals surface area contributed by atoms with Crippen LogP contribution in [0.1, 0.15) is 45.6 Å². The van der Waals surface area contributed by atoms with Gasteiger partial charge in [-0.2, -0.15) is 4.57 Å². The van der Waals surface area contributed by atoms with Crippen molar-refractivity contribution in [3.8, 4) is 11.5 Å². The number of carbonyl (C=O) groups is 1. The summed E-state index contributed by atoms with van der Waals surface area (Å²) in [5, 5.41) is 13.1. The van der Waals surface area contributed by atoms with E-state index in [0.717, 1.165) is 33.1 Å². The lowest BCUT2D eigenvalue weighted by atomic mass is 9.86. The largest absolute Gasteiger partial charge is 0.872 e. The van der Waals surface area contributed by atoms with E-state index in [4.69, 9.17) is 4.74 Å². The zero-order valence-electron chi connectivity index (χ0n) is 15.8. The standard InChI is InChI=1S/C20H25NO3S/c1-11-9-17(22)12(2)16-7-8-20(6,24-19(11)16)18(23)10-21-13(3)14(4)25-15(21)5/h9H,7-8,10H2,1-6H3. The monoisotopic (exact) mass is 359 g/mol. The van der Waals surface area contributed by atoms with E-state index in [-0.39, 0.29) is 11.5 Å². The Hall–Kier alpha value is -1.88. The molecule has 0 bridgehead atoms. The Labute approximate surface area is 153 Å². The molecule has 1 aromatic carbocycles. The van der Waals surface area contributed by atoms with E-state index >= 15 is 0 Å². The van der Waals surface area contributed by atoms with Crippen LogP contribution in [-0.2, 0) is 17.8 Å². The topological polar surface area (TPSA) is 53.2 Å². The molecule has 0 saturated heterocycles. The fourth-order valence-corrected chi connectivity index (χ4v) is 4.54. The molecule has 0 N–H and O–H groups in total. The predicted octanol–water partition coefficient (Wildman–Crippen LogP) is 3.00. The van der Waals surface area contributed by atoms with Crippen molar-refractivity contribution < 1.29 is 19.2 Å². The molecule has 1 aliphatic heterocycles. The summed E-state index contributed by atoms with van der Waals surface area (Å²) in [7, 11) is 0. The maximum atomic E-state index is 13.1. The molecule has 134 valence electrons. The van der Waals surface area contributed by atoms with Crippen molar-refractivity contribution in [3.05, 3.63) is 38.3 Å². The summed E-state index contributed by atoms with van der Waals surface area (Å²) in [6.07, 6.45) is 1.30. The van der Waals surface area contributed by atoms with Gasteiger partial charge in [0.1, 0.15) is 5.75 Å². The number of benzene rings is 1. The Bertz CT molecular complexity index is 869. The average molecular weight is 359 g/mol. The van der Waals surface area contributed by atoms with Gasteiger partial charge >= 0.3 is 0 Å². The number of hydrogen-bond acceptors (Lipinski definition) is 4. The molecule has 0 fully saturated rings. The summed E-state index contributed by atoms with van der Waals surface area (Å²) in [5.74, 6) is 0.847. The van der Waals surface area contributed by atoms with Gasteiger partial charge in [-0.1, -0.05) is 23.0 Å². The van der Waals surface area contributed by atoms with E-state index in [9.17, 15) is 9.90 Å². The minimum atomic E-state index is -0.851. The number of carbonyl (C=O) groups excluding carboxylic acids is 1. The van der Waals surface area contributed by atoms with Gasteiger partial charge in [-0.3, -0.25) is 4.79 Å². The second-order valence-electron chi connectivity index (χ2n) is 7.23. The Morgan fingerprint density at radius 1 is 1.32 bits per heavy atom. The molecular weight excluding hydrogens is 334 g/mol. The molecule has 1 aromatic heterocycles. The van der Waals surface area contributed by atoms with Gasteiger partial charge < -0.3 is 9.84 Å². The van der Waals surface area contributed by atoms with Gasteiger partial charge in [0.05, 0.1) is 4.88 Å². The molecule has 25 heavy (non-hydrogen) atoms. The Kier molecular flexibility index (Phi) is 4.40. The van der Waals surface area contributed by atoms with Crippen LogP contribution in [0.3, 0.4) is 0 Å². The zero-order chi connectivity index (χ0) is 18.5. The fraction of sp³-hybridized carbons (Fsp3) is 0.500. The van der Waals surface area contributed by atoms with Crippen molar-refractivity contribution in [1.82, 2.24) is 0 Å². The van der Waals surface area contributed by atoms with Crippen molar-refractivity contribution in [2.24, 2.45) is 0 Å². The summed E-state index contributed by atoms with van der Waals surface area (Å²) in [4.78, 5) is 14.3. The van der Waals surface area contributed by atoms with Crippen LogP contribution in [-0.4, -0.2) is 11.4 Å². The minimum absolute atomic E-state index is 0.0466. The third-order valence-corrected chi connectivity index (χ3v) is 6.59. The van der Waals surface area contributed by atoms with E-state index in [1.165, 1.54) is 4.88 Å². The molecule has 0 aliphatic carbocycles. The van der Waals surface area contributed by atoms with Gasteiger partial charge in [0.25, 0.3) is 0 Å². The number of fused-ring (bicyclic) bond motifs is 1. The Morgan fingerprint density at radius 3 is 2.60 bits per heavy atom. The summed E-state index contributed by atoms with van der Waals surface area (Å²) < 4.78 is 8.28. The van der Waals surface area contributed by atoms with E-state index in [0.29, 0.717) is 19.4 Å². The van der Waals surface area contributed by atoms with Crippen LogP contribution in [0.2, 0.25) is 0 Å². The van der Waals surface area contributed by atoms with E-state index in [1.54, 1.807) is 17.4 Å². The molecule has 1 aliphatic rings. The van der Waals surface area contributed by atoms with Gasteiger partial charge in [-0.05, 0) is 51.7 Å². The van der Waals surface area contributed by atoms with Gasteiger partial charge in [0, 0.05) is 13.8 Å². The lowest BCUT2D eigenvalue weighted by Crippen LogP contribution is -2.52. The molecule has 2 aromatic rings. The maximum Gasteiger partial charge on any atom is 0.240 e. The SMILES string of the molecule is Cc1cc([O-])c(C)c2c1OC(C)(C(=O)C[n+]1c(C)sc(C)c1C)CC2. The summed E-state index contributed by atoms with van der Waals surface area (Å²) in [6.45, 7) is 12.1. The van der Waals surface area contributed by atoms with Gasteiger partial charge in [-0.25, -0.2) is 0 Å². The number of ketones is 1. The average Bonchev–Trinajstić information content (AvgIpc) is 2.79. The summed E-state index contributed by atoms with van der Waals surface area (Å²) in [6, 6.07) is 1.61. The first-order valence-corrected chi connectivity index (χ1v) is 9.44. The third-order valence-electron chi connectivity index (χ3n) is 5.47. The molecule has 0 amide bonds. The number of nitrogens with zero attached hydrogens (tertiary/aromatic N) is 1. The first-order chi connectivity index (χ1) is 11.6. The number of rotatable bonds is 3. The van der Waals surface area contributed by atoms with Crippen molar-refractivity contribution >= 4 is 17.1 Å². The van der Waals surface area contributed by atoms with Crippen LogP contribution in [0.5, 0.6) is 11.5 Å². The summed E-state index contributed by atoms with van der Waals surface area (Å²) >= 11 is 1.71. The quantitative estimate of drug-likeness (QED) is 0.792. The molecule has 2 heterocycles. The van der Waals surface area contributed by atoms with E-state index in [2.05, 4.69) is 18.4 Å². The molecule has 0 radical (unpaired) electrons. The highest BCUT2D eigenvalue weighted by Gasteiger charge is 2.42. The van der Waals surface area contributed by atoms with Crippen LogP contribution in [0.25, 0.3) is 0 Å². The minimum Gasteiger partial charge on any atom is -0.872 e. The maximum absolute atomic E-state index is 13.1. The third kappa shape index (κ3) is 2.95. The molecule has 1 unspecified atom stereocenters. The molecule has 4 nitrogen and oxygen atoms in total. The molecule has 0 spiro atoms. The molecule has 3 rings (SSSR count). The predicted molar refractivity (Wildman–Crippen MR) is 96.4 cm³/mol. The van der Waals surface area contributed by atoms with Crippen LogP contribution >= 0.6 is 11.3 Å². The van der Waals surface area contributed by atoms with E-state index < -0.39 is 5.60 Å². The number of aromatic nitrogens is 1. The smallest absolute Gasteiger partial charge is 0.240 e. The lowest BCUT2D eigenvalue weighted by Gasteiger charge is -2.36. The normalized spacial score (nSPS) is 19.4. The number of ether oxygens (including phenoxy) is 1. The number of thiazole rings is 1. The Morgan fingerprint density at radius 2 is 2.00 bits per heavy atom. The number of aryl methyl sites for hydroxylation is 3.